The number of fused-ring (bicyclic) bond motifs is 2. The van der Waals surface area contributed by atoms with Gasteiger partial charge in [-0.25, -0.2) is 9.59 Å². The predicted octanol–water partition coefficient (Wildman–Crippen LogP) is -1.16. The van der Waals surface area contributed by atoms with E-state index in [1.807, 2.05) is 0 Å². The molecule has 150 valence electrons. The molecule has 0 fully saturated rings. The van der Waals surface area contributed by atoms with Gasteiger partial charge in [0.2, 0.25) is 5.88 Å². The molecule has 0 saturated heterocycles. The minimum atomic E-state index is -1.10. The number of para-hydroxylation sites is 1. The minimum Gasteiger partial charge on any atom is -0.860 e. The first-order valence-electron chi connectivity index (χ1n) is 8.70. The zero-order valence-corrected chi connectivity index (χ0v) is 16.1. The number of benzene rings is 1. The number of ether oxygens (including phenoxy) is 1. The lowest BCUT2D eigenvalue weighted by molar-refractivity contribution is -0.281. The van der Waals surface area contributed by atoms with E-state index in [2.05, 4.69) is 0 Å². The van der Waals surface area contributed by atoms with Crippen molar-refractivity contribution in [3.05, 3.63) is 82.6 Å². The van der Waals surface area contributed by atoms with E-state index in [1.165, 1.54) is 28.2 Å². The average molecular weight is 397 g/mol. The largest absolute Gasteiger partial charge is 0.860 e. The molecule has 3 aromatic rings. The Kier molecular flexibility index (Phi) is 3.89. The van der Waals surface area contributed by atoms with Gasteiger partial charge in [0.1, 0.15) is 5.75 Å². The van der Waals surface area contributed by atoms with Gasteiger partial charge in [0.25, 0.3) is 11.1 Å². The maximum Gasteiger partial charge on any atom is 0.333 e. The summed E-state index contributed by atoms with van der Waals surface area (Å²) in [6.45, 7) is 0. The van der Waals surface area contributed by atoms with Crippen LogP contribution in [0.5, 0.6) is 17.5 Å². The van der Waals surface area contributed by atoms with E-state index >= 15 is 0 Å². The molecule has 0 saturated carbocycles. The van der Waals surface area contributed by atoms with Gasteiger partial charge >= 0.3 is 11.4 Å². The van der Waals surface area contributed by atoms with Crippen LogP contribution in [0.15, 0.2) is 43.4 Å². The normalized spacial score (nSPS) is 14.8. The highest BCUT2D eigenvalue weighted by molar-refractivity contribution is 5.57. The molecular formula is C19H17N4O6-. The van der Waals surface area contributed by atoms with E-state index in [-0.39, 0.29) is 17.0 Å². The minimum absolute atomic E-state index is 0.0128. The van der Waals surface area contributed by atoms with Gasteiger partial charge in [0.05, 0.1) is 11.5 Å². The Morgan fingerprint density at radius 3 is 2.00 bits per heavy atom. The third-order valence-electron chi connectivity index (χ3n) is 5.30. The second kappa shape index (κ2) is 6.09. The Bertz CT molecular complexity index is 1390. The Hall–Kier alpha value is -3.82. The molecule has 1 unspecified atom stereocenters. The van der Waals surface area contributed by atoms with Crippen LogP contribution in [0, 0.1) is 0 Å². The zero-order chi connectivity index (χ0) is 21.2. The smallest absolute Gasteiger partial charge is 0.333 e. The third kappa shape index (κ3) is 2.35. The monoisotopic (exact) mass is 397 g/mol. The maximum atomic E-state index is 13.0. The SMILES string of the molecule is Cn1c([O-])c(C2c3ccccc3Oc3c2c(=O)n(C)c(=O)n3C)c(=O)n(C)c1=O. The second-order valence-electron chi connectivity index (χ2n) is 6.92. The van der Waals surface area contributed by atoms with Crippen LogP contribution in [-0.4, -0.2) is 18.3 Å². The fraction of sp³-hybridized carbons (Fsp3) is 0.263. The van der Waals surface area contributed by atoms with Crippen LogP contribution in [0.4, 0.5) is 0 Å². The Morgan fingerprint density at radius 1 is 0.793 bits per heavy atom. The first-order chi connectivity index (χ1) is 13.7. The summed E-state index contributed by atoms with van der Waals surface area (Å²) in [5.41, 5.74) is -2.72. The first kappa shape index (κ1) is 18.5. The maximum absolute atomic E-state index is 13.0. The molecule has 4 rings (SSSR count). The van der Waals surface area contributed by atoms with Crippen LogP contribution in [0.1, 0.15) is 22.6 Å². The van der Waals surface area contributed by atoms with E-state index in [4.69, 9.17) is 4.74 Å². The highest BCUT2D eigenvalue weighted by Gasteiger charge is 2.36. The van der Waals surface area contributed by atoms with Gasteiger partial charge in [0.15, 0.2) is 0 Å². The zero-order valence-electron chi connectivity index (χ0n) is 16.1. The van der Waals surface area contributed by atoms with Gasteiger partial charge < -0.3 is 14.4 Å². The summed E-state index contributed by atoms with van der Waals surface area (Å²) in [5, 5.41) is 13.0. The summed E-state index contributed by atoms with van der Waals surface area (Å²) in [5.74, 6) is -1.64. The Balaban J connectivity index is 2.24. The molecule has 2 aromatic heterocycles. The highest BCUT2D eigenvalue weighted by Crippen LogP contribution is 2.45. The lowest BCUT2D eigenvalue weighted by atomic mass is 9.84. The van der Waals surface area contributed by atoms with Crippen molar-refractivity contribution in [1.29, 1.82) is 0 Å². The van der Waals surface area contributed by atoms with Crippen LogP contribution in [0.3, 0.4) is 0 Å². The third-order valence-corrected chi connectivity index (χ3v) is 5.30. The van der Waals surface area contributed by atoms with Crippen LogP contribution < -0.4 is 32.3 Å². The van der Waals surface area contributed by atoms with Crippen molar-refractivity contribution in [2.75, 3.05) is 0 Å². The van der Waals surface area contributed by atoms with Crippen molar-refractivity contribution in [3.8, 4) is 17.5 Å². The van der Waals surface area contributed by atoms with Gasteiger partial charge in [-0.3, -0.25) is 23.3 Å². The molecule has 0 bridgehead atoms. The van der Waals surface area contributed by atoms with Crippen LogP contribution in [0.2, 0.25) is 0 Å². The molecule has 3 heterocycles. The topological polar surface area (TPSA) is 120 Å². The molecular weight excluding hydrogens is 380 g/mol. The van der Waals surface area contributed by atoms with Gasteiger partial charge in [-0.15, -0.1) is 0 Å². The molecule has 0 N–H and O–H groups in total. The molecule has 0 spiro atoms. The van der Waals surface area contributed by atoms with Crippen molar-refractivity contribution >= 4 is 0 Å². The molecule has 0 aliphatic carbocycles. The first-order valence-corrected chi connectivity index (χ1v) is 8.70. The summed E-state index contributed by atoms with van der Waals surface area (Å²) >= 11 is 0. The molecule has 1 aliphatic heterocycles. The van der Waals surface area contributed by atoms with Crippen molar-refractivity contribution in [2.45, 2.75) is 5.92 Å². The van der Waals surface area contributed by atoms with E-state index < -0.39 is 34.3 Å². The van der Waals surface area contributed by atoms with E-state index in [0.717, 1.165) is 18.3 Å². The molecule has 1 aromatic carbocycles. The van der Waals surface area contributed by atoms with Gasteiger partial charge in [-0.1, -0.05) is 18.2 Å². The Morgan fingerprint density at radius 2 is 1.34 bits per heavy atom. The van der Waals surface area contributed by atoms with Gasteiger partial charge in [-0.05, 0) is 11.9 Å². The van der Waals surface area contributed by atoms with Crippen LogP contribution in [0.25, 0.3) is 0 Å². The number of aromatic nitrogens is 4. The summed E-state index contributed by atoms with van der Waals surface area (Å²) < 4.78 is 9.49. The fourth-order valence-electron chi connectivity index (χ4n) is 3.69. The van der Waals surface area contributed by atoms with E-state index in [0.29, 0.717) is 11.3 Å². The molecule has 10 nitrogen and oxygen atoms in total. The number of hydrogen-bond acceptors (Lipinski definition) is 6. The van der Waals surface area contributed by atoms with E-state index in [9.17, 15) is 24.3 Å². The highest BCUT2D eigenvalue weighted by atomic mass is 16.5. The molecule has 1 aliphatic rings. The number of hydrogen-bond donors (Lipinski definition) is 0. The quantitative estimate of drug-likeness (QED) is 0.400. The van der Waals surface area contributed by atoms with Gasteiger partial charge in [0, 0.05) is 39.3 Å². The molecule has 29 heavy (non-hydrogen) atoms. The summed E-state index contributed by atoms with van der Waals surface area (Å²) in [7, 11) is 5.26. The van der Waals surface area contributed by atoms with Crippen LogP contribution >= 0.6 is 0 Å². The van der Waals surface area contributed by atoms with Crippen molar-refractivity contribution in [2.24, 2.45) is 28.2 Å². The second-order valence-corrected chi connectivity index (χ2v) is 6.92. The van der Waals surface area contributed by atoms with Crippen LogP contribution in [-0.2, 0) is 28.2 Å². The standard InChI is InChI=1S/C19H18N4O6/c1-20-14(24)12(15(25)21(2)18(20)27)11-9-7-5-6-8-10(9)29-17-13(11)16(26)22(3)19(28)23(17)4/h5-8,11,24H,1-4H3/p-1. The van der Waals surface area contributed by atoms with Crippen molar-refractivity contribution < 1.29 is 9.84 Å². The molecule has 0 amide bonds. The van der Waals surface area contributed by atoms with E-state index in [1.54, 1.807) is 24.3 Å². The number of rotatable bonds is 1. The fourth-order valence-corrected chi connectivity index (χ4v) is 3.69. The molecule has 0 radical (unpaired) electrons. The lowest BCUT2D eigenvalue weighted by Gasteiger charge is -2.31. The average Bonchev–Trinajstić information content (AvgIpc) is 2.73. The van der Waals surface area contributed by atoms with Crippen molar-refractivity contribution in [1.82, 2.24) is 18.3 Å². The predicted molar refractivity (Wildman–Crippen MR) is 101 cm³/mol. The lowest BCUT2D eigenvalue weighted by Crippen LogP contribution is -2.44. The summed E-state index contributed by atoms with van der Waals surface area (Å²) in [6.07, 6.45) is 0. The van der Waals surface area contributed by atoms with Gasteiger partial charge in [-0.2, -0.15) is 0 Å². The molecule has 10 heteroatoms. The summed E-state index contributed by atoms with van der Waals surface area (Å²) in [6, 6.07) is 6.63. The molecule has 1 atom stereocenters. The summed E-state index contributed by atoms with van der Waals surface area (Å²) in [4.78, 5) is 50.5. The van der Waals surface area contributed by atoms with Crippen molar-refractivity contribution in [3.63, 3.8) is 0 Å². The number of nitrogens with zero attached hydrogens (tertiary/aromatic N) is 4. The Labute approximate surface area is 163 Å².